The van der Waals surface area contributed by atoms with Crippen molar-refractivity contribution in [2.24, 2.45) is 0 Å². The highest BCUT2D eigenvalue weighted by atomic mass is 35.5. The number of halogens is 1. The van der Waals surface area contributed by atoms with Crippen molar-refractivity contribution >= 4 is 40.0 Å². The van der Waals surface area contributed by atoms with Gasteiger partial charge in [0.05, 0.1) is 11.6 Å². The van der Waals surface area contributed by atoms with Crippen molar-refractivity contribution in [1.29, 1.82) is 5.26 Å². The Kier molecular flexibility index (Phi) is 7.73. The number of benzene rings is 2. The van der Waals surface area contributed by atoms with E-state index in [1.165, 1.54) is 11.5 Å². The number of nitriles is 1. The van der Waals surface area contributed by atoms with Gasteiger partial charge in [0, 0.05) is 67.9 Å². The van der Waals surface area contributed by atoms with Crippen LogP contribution in [0.1, 0.15) is 17.0 Å². The highest BCUT2D eigenvalue weighted by Crippen LogP contribution is 2.21. The summed E-state index contributed by atoms with van der Waals surface area (Å²) in [6.07, 6.45) is 0.697. The first-order chi connectivity index (χ1) is 16.1. The Morgan fingerprint density at radius 2 is 1.94 bits per heavy atom. The van der Waals surface area contributed by atoms with Gasteiger partial charge in [-0.1, -0.05) is 29.8 Å². The summed E-state index contributed by atoms with van der Waals surface area (Å²) in [4.78, 5) is 21.4. The van der Waals surface area contributed by atoms with Gasteiger partial charge in [0.2, 0.25) is 5.13 Å². The number of carbonyl (C=O) groups excluding carboxylic acids is 1. The summed E-state index contributed by atoms with van der Waals surface area (Å²) in [7, 11) is 0. The van der Waals surface area contributed by atoms with Crippen molar-refractivity contribution in [2.75, 3.05) is 49.5 Å². The van der Waals surface area contributed by atoms with E-state index >= 15 is 0 Å². The van der Waals surface area contributed by atoms with Crippen molar-refractivity contribution in [3.05, 3.63) is 70.5 Å². The Balaban J connectivity index is 1.17. The lowest BCUT2D eigenvalue weighted by molar-refractivity contribution is 0.240. The third kappa shape index (κ3) is 6.65. The minimum Gasteiger partial charge on any atom is -0.344 e. The molecule has 0 unspecified atom stereocenters. The van der Waals surface area contributed by atoms with Crippen molar-refractivity contribution in [3.63, 3.8) is 0 Å². The standard InChI is InChI=1S/C23H24ClN7OS/c24-19-6-4-17(5-7-19)15-21-28-23(33-29-21)31-12-10-30(11-13-31)9-8-26-22(32)27-20-3-1-2-18(14-20)16-25/h1-7,14H,8-13,15H2,(H2,26,27,32). The van der Waals surface area contributed by atoms with Gasteiger partial charge in [-0.3, -0.25) is 4.90 Å². The number of rotatable bonds is 7. The van der Waals surface area contributed by atoms with E-state index in [0.29, 0.717) is 24.2 Å². The van der Waals surface area contributed by atoms with Crippen LogP contribution in [0.25, 0.3) is 0 Å². The molecular weight excluding hydrogens is 458 g/mol. The minimum atomic E-state index is -0.272. The smallest absolute Gasteiger partial charge is 0.319 e. The summed E-state index contributed by atoms with van der Waals surface area (Å²) < 4.78 is 4.51. The van der Waals surface area contributed by atoms with E-state index in [-0.39, 0.29) is 6.03 Å². The third-order valence-electron chi connectivity index (χ3n) is 5.34. The van der Waals surface area contributed by atoms with Crippen LogP contribution in [0, 0.1) is 11.3 Å². The van der Waals surface area contributed by atoms with E-state index in [2.05, 4.69) is 30.9 Å². The second-order valence-electron chi connectivity index (χ2n) is 7.70. The second-order valence-corrected chi connectivity index (χ2v) is 8.87. The summed E-state index contributed by atoms with van der Waals surface area (Å²) in [5, 5.41) is 16.3. The third-order valence-corrected chi connectivity index (χ3v) is 6.41. The number of piperazine rings is 1. The molecule has 1 fully saturated rings. The lowest BCUT2D eigenvalue weighted by atomic mass is 10.1. The molecule has 33 heavy (non-hydrogen) atoms. The topological polar surface area (TPSA) is 97.2 Å². The van der Waals surface area contributed by atoms with Gasteiger partial charge in [-0.2, -0.15) is 9.64 Å². The number of urea groups is 1. The van der Waals surface area contributed by atoms with Crippen LogP contribution < -0.4 is 15.5 Å². The van der Waals surface area contributed by atoms with Gasteiger partial charge < -0.3 is 15.5 Å². The van der Waals surface area contributed by atoms with Crippen LogP contribution in [-0.4, -0.2) is 59.6 Å². The molecule has 0 radical (unpaired) electrons. The fourth-order valence-corrected chi connectivity index (χ4v) is 4.42. The fourth-order valence-electron chi connectivity index (χ4n) is 3.56. The molecule has 0 bridgehead atoms. The van der Waals surface area contributed by atoms with E-state index in [1.807, 2.05) is 24.3 Å². The molecule has 0 spiro atoms. The summed E-state index contributed by atoms with van der Waals surface area (Å²) in [5.41, 5.74) is 2.26. The highest BCUT2D eigenvalue weighted by molar-refractivity contribution is 7.09. The number of amides is 2. The monoisotopic (exact) mass is 481 g/mol. The van der Waals surface area contributed by atoms with Gasteiger partial charge >= 0.3 is 6.03 Å². The minimum absolute atomic E-state index is 0.272. The first-order valence-electron chi connectivity index (χ1n) is 10.7. The molecule has 0 aliphatic carbocycles. The quantitative estimate of drug-likeness (QED) is 0.535. The highest BCUT2D eigenvalue weighted by Gasteiger charge is 2.20. The van der Waals surface area contributed by atoms with Crippen molar-refractivity contribution in [1.82, 2.24) is 19.6 Å². The fraction of sp³-hybridized carbons (Fsp3) is 0.304. The van der Waals surface area contributed by atoms with E-state index in [0.717, 1.165) is 54.3 Å². The Hall–Kier alpha value is -3.19. The first kappa shape index (κ1) is 23.0. The van der Waals surface area contributed by atoms with Crippen LogP contribution in [-0.2, 0) is 6.42 Å². The number of anilines is 2. The van der Waals surface area contributed by atoms with E-state index < -0.39 is 0 Å². The van der Waals surface area contributed by atoms with Crippen molar-refractivity contribution in [3.8, 4) is 6.07 Å². The molecule has 0 atom stereocenters. The summed E-state index contributed by atoms with van der Waals surface area (Å²) in [5.74, 6) is 0.829. The Bertz CT molecular complexity index is 1120. The molecule has 2 heterocycles. The molecule has 2 amide bonds. The number of nitrogens with one attached hydrogen (secondary N) is 2. The van der Waals surface area contributed by atoms with Gasteiger partial charge in [0.1, 0.15) is 5.82 Å². The molecule has 1 saturated heterocycles. The maximum atomic E-state index is 12.1. The van der Waals surface area contributed by atoms with Crippen LogP contribution in [0.3, 0.4) is 0 Å². The van der Waals surface area contributed by atoms with Crippen LogP contribution in [0.2, 0.25) is 5.02 Å². The molecule has 8 nitrogen and oxygen atoms in total. The number of hydrogen-bond donors (Lipinski definition) is 2. The SMILES string of the molecule is N#Cc1cccc(NC(=O)NCCN2CCN(c3nc(Cc4ccc(Cl)cc4)ns3)CC2)c1. The molecule has 4 rings (SSSR count). The zero-order valence-corrected chi connectivity index (χ0v) is 19.6. The number of aromatic nitrogens is 2. The van der Waals surface area contributed by atoms with Gasteiger partial charge in [0.25, 0.3) is 0 Å². The molecule has 10 heteroatoms. The second kappa shape index (κ2) is 11.1. The molecule has 1 aliphatic rings. The van der Waals surface area contributed by atoms with Crippen LogP contribution in [0.4, 0.5) is 15.6 Å². The lowest BCUT2D eigenvalue weighted by Crippen LogP contribution is -2.48. The first-order valence-corrected chi connectivity index (χ1v) is 11.8. The molecular formula is C23H24ClN7OS. The van der Waals surface area contributed by atoms with Crippen molar-refractivity contribution in [2.45, 2.75) is 6.42 Å². The molecule has 2 N–H and O–H groups in total. The molecule has 3 aromatic rings. The Labute approximate surface area is 202 Å². The van der Waals surface area contributed by atoms with Gasteiger partial charge in [-0.05, 0) is 35.9 Å². The largest absolute Gasteiger partial charge is 0.344 e. The summed E-state index contributed by atoms with van der Waals surface area (Å²) >= 11 is 7.39. The zero-order chi connectivity index (χ0) is 23.0. The molecule has 2 aromatic carbocycles. The van der Waals surface area contributed by atoms with Crippen molar-refractivity contribution < 1.29 is 4.79 Å². The maximum Gasteiger partial charge on any atom is 0.319 e. The number of carbonyl (C=O) groups is 1. The predicted octanol–water partition coefficient (Wildman–Crippen LogP) is 3.60. The molecule has 170 valence electrons. The van der Waals surface area contributed by atoms with Crippen LogP contribution in [0.5, 0.6) is 0 Å². The van der Waals surface area contributed by atoms with Gasteiger partial charge in [0.15, 0.2) is 0 Å². The maximum absolute atomic E-state index is 12.1. The Morgan fingerprint density at radius 3 is 2.70 bits per heavy atom. The summed E-state index contributed by atoms with van der Waals surface area (Å²) in [6, 6.07) is 16.4. The van der Waals surface area contributed by atoms with Gasteiger partial charge in [-0.15, -0.1) is 0 Å². The number of hydrogen-bond acceptors (Lipinski definition) is 7. The lowest BCUT2D eigenvalue weighted by Gasteiger charge is -2.34. The summed E-state index contributed by atoms with van der Waals surface area (Å²) in [6.45, 7) is 4.88. The molecule has 1 aliphatic heterocycles. The Morgan fingerprint density at radius 1 is 1.15 bits per heavy atom. The van der Waals surface area contributed by atoms with Crippen LogP contribution in [0.15, 0.2) is 48.5 Å². The number of nitrogens with zero attached hydrogens (tertiary/aromatic N) is 5. The van der Waals surface area contributed by atoms with E-state index in [1.54, 1.807) is 24.3 Å². The molecule has 1 aromatic heterocycles. The van der Waals surface area contributed by atoms with E-state index in [4.69, 9.17) is 21.8 Å². The zero-order valence-electron chi connectivity index (χ0n) is 18.0. The molecule has 0 saturated carbocycles. The van der Waals surface area contributed by atoms with Crippen LogP contribution >= 0.6 is 23.1 Å². The normalized spacial score (nSPS) is 14.0. The van der Waals surface area contributed by atoms with Gasteiger partial charge in [-0.25, -0.2) is 9.78 Å². The average Bonchev–Trinajstić information content (AvgIpc) is 3.29. The predicted molar refractivity (Wildman–Crippen MR) is 131 cm³/mol. The van der Waals surface area contributed by atoms with E-state index in [9.17, 15) is 4.79 Å². The average molecular weight is 482 g/mol.